The first-order valence-corrected chi connectivity index (χ1v) is 7.09. The Morgan fingerprint density at radius 3 is 2.76 bits per heavy atom. The van der Waals surface area contributed by atoms with E-state index >= 15 is 0 Å². The summed E-state index contributed by atoms with van der Waals surface area (Å²) in [4.78, 5) is 22.8. The first-order valence-electron chi connectivity index (χ1n) is 6.71. The van der Waals surface area contributed by atoms with Gasteiger partial charge < -0.3 is 15.7 Å². The minimum Gasteiger partial charge on any atom is -0.481 e. The Balaban J connectivity index is 1.89. The molecule has 2 amide bonds. The molecule has 0 aliphatic heterocycles. The Kier molecular flexibility index (Phi) is 5.01. The average Bonchev–Trinajstić information content (AvgIpc) is 2.43. The van der Waals surface area contributed by atoms with E-state index in [0.717, 1.165) is 12.8 Å². The molecule has 5 nitrogen and oxygen atoms in total. The molecule has 0 radical (unpaired) electrons. The molecule has 2 unspecified atom stereocenters. The Morgan fingerprint density at radius 2 is 2.10 bits per heavy atom. The summed E-state index contributed by atoms with van der Waals surface area (Å²) in [5, 5.41) is 14.2. The van der Waals surface area contributed by atoms with E-state index in [1.165, 1.54) is 18.2 Å². The minimum absolute atomic E-state index is 0.0728. The van der Waals surface area contributed by atoms with E-state index in [1.807, 2.05) is 0 Å². The van der Waals surface area contributed by atoms with Gasteiger partial charge in [-0.25, -0.2) is 9.18 Å². The lowest BCUT2D eigenvalue weighted by Crippen LogP contribution is -2.42. The van der Waals surface area contributed by atoms with Gasteiger partial charge >= 0.3 is 12.0 Å². The lowest BCUT2D eigenvalue weighted by molar-refractivity contribution is -0.143. The van der Waals surface area contributed by atoms with Crippen LogP contribution in [0, 0.1) is 11.7 Å². The maximum Gasteiger partial charge on any atom is 0.319 e. The number of urea groups is 1. The van der Waals surface area contributed by atoms with Gasteiger partial charge in [0.05, 0.1) is 10.9 Å². The van der Waals surface area contributed by atoms with Crippen molar-refractivity contribution in [3.63, 3.8) is 0 Å². The molecule has 0 heterocycles. The van der Waals surface area contributed by atoms with Crippen molar-refractivity contribution in [2.45, 2.75) is 31.7 Å². The number of hydrogen-bond donors (Lipinski definition) is 3. The smallest absolute Gasteiger partial charge is 0.319 e. The van der Waals surface area contributed by atoms with Crippen LogP contribution < -0.4 is 10.6 Å². The molecule has 1 saturated carbocycles. The Morgan fingerprint density at radius 1 is 1.33 bits per heavy atom. The number of hydrogen-bond acceptors (Lipinski definition) is 2. The maximum absolute atomic E-state index is 13.0. The summed E-state index contributed by atoms with van der Waals surface area (Å²) < 4.78 is 13.0. The highest BCUT2D eigenvalue weighted by Gasteiger charge is 2.27. The molecule has 1 aromatic carbocycles. The van der Waals surface area contributed by atoms with Crippen molar-refractivity contribution < 1.29 is 19.1 Å². The molecule has 0 aromatic heterocycles. The summed E-state index contributed by atoms with van der Waals surface area (Å²) in [6.45, 7) is 0. The van der Waals surface area contributed by atoms with Crippen molar-refractivity contribution in [2.24, 2.45) is 5.92 Å². The first-order chi connectivity index (χ1) is 9.95. The number of carbonyl (C=O) groups is 2. The van der Waals surface area contributed by atoms with Crippen LogP contribution in [0.3, 0.4) is 0 Å². The predicted molar refractivity (Wildman–Crippen MR) is 76.9 cm³/mol. The van der Waals surface area contributed by atoms with Crippen molar-refractivity contribution in [2.75, 3.05) is 5.32 Å². The van der Waals surface area contributed by atoms with Gasteiger partial charge in [0.1, 0.15) is 5.82 Å². The van der Waals surface area contributed by atoms with Crippen molar-refractivity contribution >= 4 is 29.3 Å². The van der Waals surface area contributed by atoms with Gasteiger partial charge in [-0.3, -0.25) is 4.79 Å². The zero-order valence-electron chi connectivity index (χ0n) is 11.2. The predicted octanol–water partition coefficient (Wildman–Crippen LogP) is 3.24. The number of halogens is 2. The van der Waals surface area contributed by atoms with Gasteiger partial charge in [0.2, 0.25) is 0 Å². The van der Waals surface area contributed by atoms with Crippen LogP contribution in [0.5, 0.6) is 0 Å². The molecule has 3 N–H and O–H groups in total. The van der Waals surface area contributed by atoms with Crippen LogP contribution in [-0.2, 0) is 4.79 Å². The molecule has 1 aliphatic rings. The second-order valence-corrected chi connectivity index (χ2v) is 5.53. The third kappa shape index (κ3) is 4.32. The largest absolute Gasteiger partial charge is 0.481 e. The number of rotatable bonds is 3. The zero-order valence-corrected chi connectivity index (χ0v) is 12.0. The second-order valence-electron chi connectivity index (χ2n) is 5.13. The standard InChI is InChI=1S/C14H16ClFN2O3/c15-11-7-10(4-5-12(11)16)18-14(21)17-9-3-1-2-8(6-9)13(19)20/h4-5,7-9H,1-3,6H2,(H,19,20)(H2,17,18,21). The minimum atomic E-state index is -0.827. The molecule has 0 bridgehead atoms. The van der Waals surface area contributed by atoms with Gasteiger partial charge in [0.25, 0.3) is 0 Å². The summed E-state index contributed by atoms with van der Waals surface area (Å²) in [7, 11) is 0. The summed E-state index contributed by atoms with van der Waals surface area (Å²) in [5.74, 6) is -1.80. The summed E-state index contributed by atoms with van der Waals surface area (Å²) in [5.41, 5.74) is 0.379. The molecule has 1 fully saturated rings. The van der Waals surface area contributed by atoms with Crippen molar-refractivity contribution in [3.8, 4) is 0 Å². The number of carboxylic acid groups (broad SMARTS) is 1. The summed E-state index contributed by atoms with van der Waals surface area (Å²) in [6, 6.07) is 3.27. The maximum atomic E-state index is 13.0. The fourth-order valence-electron chi connectivity index (χ4n) is 2.47. The Bertz CT molecular complexity index is 553. The van der Waals surface area contributed by atoms with E-state index < -0.39 is 23.7 Å². The fourth-order valence-corrected chi connectivity index (χ4v) is 2.65. The van der Waals surface area contributed by atoms with Crippen LogP contribution in [0.1, 0.15) is 25.7 Å². The van der Waals surface area contributed by atoms with Gasteiger partial charge in [-0.15, -0.1) is 0 Å². The monoisotopic (exact) mass is 314 g/mol. The van der Waals surface area contributed by atoms with Crippen molar-refractivity contribution in [3.05, 3.63) is 29.0 Å². The molecule has 114 valence electrons. The third-order valence-electron chi connectivity index (χ3n) is 3.54. The van der Waals surface area contributed by atoms with Crippen molar-refractivity contribution in [1.82, 2.24) is 5.32 Å². The van der Waals surface area contributed by atoms with E-state index in [-0.39, 0.29) is 11.1 Å². The molecular formula is C14H16ClFN2O3. The number of benzene rings is 1. The van der Waals surface area contributed by atoms with Gasteiger partial charge in [-0.05, 0) is 37.5 Å². The molecule has 0 spiro atoms. The lowest BCUT2D eigenvalue weighted by atomic mass is 9.86. The van der Waals surface area contributed by atoms with Crippen LogP contribution in [0.25, 0.3) is 0 Å². The lowest BCUT2D eigenvalue weighted by Gasteiger charge is -2.27. The topological polar surface area (TPSA) is 78.4 Å². The normalized spacial score (nSPS) is 21.6. The molecule has 1 aromatic rings. The van der Waals surface area contributed by atoms with E-state index in [2.05, 4.69) is 10.6 Å². The van der Waals surface area contributed by atoms with E-state index in [1.54, 1.807) is 0 Å². The van der Waals surface area contributed by atoms with Crippen LogP contribution in [0.2, 0.25) is 5.02 Å². The number of nitrogens with one attached hydrogen (secondary N) is 2. The molecule has 2 atom stereocenters. The second kappa shape index (κ2) is 6.76. The van der Waals surface area contributed by atoms with Crippen LogP contribution >= 0.6 is 11.6 Å². The summed E-state index contributed by atoms with van der Waals surface area (Å²) in [6.07, 6.45) is 2.58. The van der Waals surface area contributed by atoms with E-state index in [0.29, 0.717) is 18.5 Å². The van der Waals surface area contributed by atoms with Crippen LogP contribution in [0.4, 0.5) is 14.9 Å². The first kappa shape index (κ1) is 15.6. The Labute approximate surface area is 126 Å². The number of aliphatic carboxylic acids is 1. The molecule has 0 saturated heterocycles. The molecule has 1 aliphatic carbocycles. The number of amides is 2. The number of carbonyl (C=O) groups excluding carboxylic acids is 1. The van der Waals surface area contributed by atoms with Gasteiger partial charge in [0, 0.05) is 11.7 Å². The average molecular weight is 315 g/mol. The quantitative estimate of drug-likeness (QED) is 0.801. The van der Waals surface area contributed by atoms with Gasteiger partial charge in [-0.1, -0.05) is 18.0 Å². The summed E-state index contributed by atoms with van der Waals surface area (Å²) >= 11 is 5.63. The van der Waals surface area contributed by atoms with Gasteiger partial charge in [0.15, 0.2) is 0 Å². The SMILES string of the molecule is O=C(Nc1ccc(F)c(Cl)c1)NC1CCCC(C(=O)O)C1. The highest BCUT2D eigenvalue weighted by Crippen LogP contribution is 2.24. The number of carboxylic acids is 1. The molecular weight excluding hydrogens is 299 g/mol. The van der Waals surface area contributed by atoms with Crippen molar-refractivity contribution in [1.29, 1.82) is 0 Å². The number of anilines is 1. The van der Waals surface area contributed by atoms with Crippen LogP contribution in [-0.4, -0.2) is 23.1 Å². The van der Waals surface area contributed by atoms with Crippen LogP contribution in [0.15, 0.2) is 18.2 Å². The Hall–Kier alpha value is -1.82. The van der Waals surface area contributed by atoms with Gasteiger partial charge in [-0.2, -0.15) is 0 Å². The van der Waals surface area contributed by atoms with E-state index in [9.17, 15) is 14.0 Å². The third-order valence-corrected chi connectivity index (χ3v) is 3.83. The van der Waals surface area contributed by atoms with E-state index in [4.69, 9.17) is 16.7 Å². The highest BCUT2D eigenvalue weighted by molar-refractivity contribution is 6.31. The molecule has 2 rings (SSSR count). The molecule has 7 heteroatoms. The fraction of sp³-hybridized carbons (Fsp3) is 0.429. The highest BCUT2D eigenvalue weighted by atomic mass is 35.5. The molecule has 21 heavy (non-hydrogen) atoms. The zero-order chi connectivity index (χ0) is 15.4.